The second kappa shape index (κ2) is 6.37. The van der Waals surface area contributed by atoms with Crippen LogP contribution in [0.15, 0.2) is 0 Å². The lowest BCUT2D eigenvalue weighted by Crippen LogP contribution is -2.34. The second-order valence-electron chi connectivity index (χ2n) is 6.80. The van der Waals surface area contributed by atoms with Crippen molar-refractivity contribution in [2.45, 2.75) is 44.4 Å². The summed E-state index contributed by atoms with van der Waals surface area (Å²) in [6.07, 6.45) is 5.53. The summed E-state index contributed by atoms with van der Waals surface area (Å²) in [5.41, 5.74) is 1.47. The molecule has 0 atom stereocenters. The van der Waals surface area contributed by atoms with Crippen LogP contribution in [0, 0.1) is 0 Å². The number of anilines is 1. The van der Waals surface area contributed by atoms with Gasteiger partial charge in [-0.3, -0.25) is 9.59 Å². The standard InChI is InChI=1S/C17H23N5O2/c23-13-3-1-9-22(13)10-2-7-18-16-12-6-8-19-17(24)14(12)20-15(21-16)11-4-5-11/h11H,1-10H2,(H,19,24)(H,18,20,21). The van der Waals surface area contributed by atoms with Gasteiger partial charge in [-0.15, -0.1) is 0 Å². The van der Waals surface area contributed by atoms with Gasteiger partial charge in [0.05, 0.1) is 0 Å². The molecule has 2 N–H and O–H groups in total. The van der Waals surface area contributed by atoms with Crippen LogP contribution in [-0.2, 0) is 11.2 Å². The maximum atomic E-state index is 12.1. The van der Waals surface area contributed by atoms with Gasteiger partial charge in [0.15, 0.2) is 0 Å². The Balaban J connectivity index is 1.43. The molecule has 2 fully saturated rings. The summed E-state index contributed by atoms with van der Waals surface area (Å²) in [4.78, 5) is 34.8. The molecule has 0 bridgehead atoms. The minimum Gasteiger partial charge on any atom is -0.370 e. The van der Waals surface area contributed by atoms with E-state index >= 15 is 0 Å². The second-order valence-corrected chi connectivity index (χ2v) is 6.80. The molecule has 2 aliphatic heterocycles. The maximum Gasteiger partial charge on any atom is 0.270 e. The summed E-state index contributed by atoms with van der Waals surface area (Å²) >= 11 is 0. The molecule has 0 spiro atoms. The first-order valence-corrected chi connectivity index (χ1v) is 8.93. The smallest absolute Gasteiger partial charge is 0.270 e. The lowest BCUT2D eigenvalue weighted by atomic mass is 10.1. The number of nitrogens with one attached hydrogen (secondary N) is 2. The van der Waals surface area contributed by atoms with Gasteiger partial charge in [0, 0.05) is 44.1 Å². The van der Waals surface area contributed by atoms with Gasteiger partial charge in [0.2, 0.25) is 5.91 Å². The fraction of sp³-hybridized carbons (Fsp3) is 0.647. The van der Waals surface area contributed by atoms with Gasteiger partial charge in [-0.2, -0.15) is 0 Å². The summed E-state index contributed by atoms with van der Waals surface area (Å²) in [6.45, 7) is 3.05. The molecular formula is C17H23N5O2. The van der Waals surface area contributed by atoms with Crippen molar-refractivity contribution < 1.29 is 9.59 Å². The number of hydrogen-bond donors (Lipinski definition) is 2. The van der Waals surface area contributed by atoms with Crippen molar-refractivity contribution in [1.82, 2.24) is 20.2 Å². The van der Waals surface area contributed by atoms with Gasteiger partial charge in [-0.05, 0) is 32.1 Å². The monoisotopic (exact) mass is 329 g/mol. The molecule has 3 aliphatic rings. The van der Waals surface area contributed by atoms with Crippen molar-refractivity contribution in [3.63, 3.8) is 0 Å². The maximum absolute atomic E-state index is 12.1. The van der Waals surface area contributed by atoms with Crippen molar-refractivity contribution in [2.24, 2.45) is 0 Å². The van der Waals surface area contributed by atoms with Crippen LogP contribution in [0.4, 0.5) is 5.82 Å². The number of carbonyl (C=O) groups is 2. The average molecular weight is 329 g/mol. The highest BCUT2D eigenvalue weighted by Crippen LogP contribution is 2.39. The van der Waals surface area contributed by atoms with Crippen LogP contribution in [0.5, 0.6) is 0 Å². The molecule has 128 valence electrons. The third-order valence-corrected chi connectivity index (χ3v) is 4.91. The average Bonchev–Trinajstić information content (AvgIpc) is 3.35. The third kappa shape index (κ3) is 3.07. The Hall–Kier alpha value is -2.18. The number of hydrogen-bond acceptors (Lipinski definition) is 5. The molecule has 0 aromatic carbocycles. The van der Waals surface area contributed by atoms with E-state index < -0.39 is 0 Å². The molecule has 7 nitrogen and oxygen atoms in total. The van der Waals surface area contributed by atoms with Crippen molar-refractivity contribution in [1.29, 1.82) is 0 Å². The Morgan fingerprint density at radius 2 is 2.08 bits per heavy atom. The zero-order valence-electron chi connectivity index (χ0n) is 13.8. The number of amides is 2. The van der Waals surface area contributed by atoms with E-state index in [1.54, 1.807) is 0 Å². The molecule has 7 heteroatoms. The highest BCUT2D eigenvalue weighted by molar-refractivity contribution is 5.96. The number of nitrogens with zero attached hydrogens (tertiary/aromatic N) is 3. The van der Waals surface area contributed by atoms with Gasteiger partial charge in [-0.25, -0.2) is 9.97 Å². The molecule has 1 aromatic rings. The molecule has 1 aliphatic carbocycles. The van der Waals surface area contributed by atoms with E-state index in [0.717, 1.165) is 68.9 Å². The Bertz CT molecular complexity index is 671. The molecule has 1 aromatic heterocycles. The van der Waals surface area contributed by atoms with Crippen molar-refractivity contribution in [2.75, 3.05) is 31.5 Å². The van der Waals surface area contributed by atoms with Crippen molar-refractivity contribution in [3.8, 4) is 0 Å². The van der Waals surface area contributed by atoms with E-state index in [1.165, 1.54) is 0 Å². The van der Waals surface area contributed by atoms with E-state index in [2.05, 4.69) is 20.6 Å². The third-order valence-electron chi connectivity index (χ3n) is 4.91. The normalized spacial score (nSPS) is 20.1. The molecule has 0 radical (unpaired) electrons. The summed E-state index contributed by atoms with van der Waals surface area (Å²) in [6, 6.07) is 0. The number of likely N-dealkylation sites (tertiary alicyclic amines) is 1. The lowest BCUT2D eigenvalue weighted by Gasteiger charge is -2.20. The number of rotatable bonds is 6. The highest BCUT2D eigenvalue weighted by atomic mass is 16.2. The first-order valence-electron chi connectivity index (χ1n) is 8.93. The summed E-state index contributed by atoms with van der Waals surface area (Å²) < 4.78 is 0. The van der Waals surface area contributed by atoms with Crippen molar-refractivity contribution >= 4 is 17.6 Å². The fourth-order valence-corrected chi connectivity index (χ4v) is 3.40. The highest BCUT2D eigenvalue weighted by Gasteiger charge is 2.31. The zero-order valence-corrected chi connectivity index (χ0v) is 13.8. The number of aromatic nitrogens is 2. The largest absolute Gasteiger partial charge is 0.370 e. The molecule has 24 heavy (non-hydrogen) atoms. The molecular weight excluding hydrogens is 306 g/mol. The topological polar surface area (TPSA) is 87.2 Å². The van der Waals surface area contributed by atoms with Crippen LogP contribution < -0.4 is 10.6 Å². The van der Waals surface area contributed by atoms with Gasteiger partial charge in [-0.1, -0.05) is 0 Å². The zero-order chi connectivity index (χ0) is 16.5. The van der Waals surface area contributed by atoms with E-state index in [9.17, 15) is 9.59 Å². The van der Waals surface area contributed by atoms with Crippen LogP contribution in [-0.4, -0.2) is 52.9 Å². The SMILES string of the molecule is O=C1NCCc2c(NCCCN3CCCC3=O)nc(C3CC3)nc21. The van der Waals surface area contributed by atoms with Crippen LogP contribution in [0.3, 0.4) is 0 Å². The molecule has 1 saturated carbocycles. The summed E-state index contributed by atoms with van der Waals surface area (Å²) in [5.74, 6) is 2.19. The van der Waals surface area contributed by atoms with Crippen LogP contribution in [0.25, 0.3) is 0 Å². The van der Waals surface area contributed by atoms with E-state index in [4.69, 9.17) is 0 Å². The quantitative estimate of drug-likeness (QED) is 0.762. The Labute approximate surface area is 141 Å². The van der Waals surface area contributed by atoms with E-state index in [0.29, 0.717) is 24.6 Å². The van der Waals surface area contributed by atoms with Gasteiger partial charge >= 0.3 is 0 Å². The summed E-state index contributed by atoms with van der Waals surface area (Å²) in [7, 11) is 0. The molecule has 0 unspecified atom stereocenters. The first kappa shape index (κ1) is 15.4. The molecule has 2 amide bonds. The molecule has 3 heterocycles. The van der Waals surface area contributed by atoms with Gasteiger partial charge in [0.1, 0.15) is 17.3 Å². The van der Waals surface area contributed by atoms with E-state index in [1.807, 2.05) is 4.90 Å². The lowest BCUT2D eigenvalue weighted by molar-refractivity contribution is -0.127. The number of fused-ring (bicyclic) bond motifs is 1. The van der Waals surface area contributed by atoms with E-state index in [-0.39, 0.29) is 11.8 Å². The van der Waals surface area contributed by atoms with Crippen LogP contribution in [0.2, 0.25) is 0 Å². The first-order chi connectivity index (χ1) is 11.7. The predicted molar refractivity (Wildman–Crippen MR) is 89.0 cm³/mol. The number of carbonyl (C=O) groups excluding carboxylic acids is 2. The molecule has 1 saturated heterocycles. The molecule has 4 rings (SSSR count). The minimum atomic E-state index is -0.0914. The van der Waals surface area contributed by atoms with Gasteiger partial charge in [0.25, 0.3) is 5.91 Å². The Morgan fingerprint density at radius 1 is 1.21 bits per heavy atom. The van der Waals surface area contributed by atoms with Gasteiger partial charge < -0.3 is 15.5 Å². The van der Waals surface area contributed by atoms with Crippen molar-refractivity contribution in [3.05, 3.63) is 17.1 Å². The summed E-state index contributed by atoms with van der Waals surface area (Å²) in [5, 5.41) is 6.25. The van der Waals surface area contributed by atoms with Crippen LogP contribution in [0.1, 0.15) is 59.9 Å². The Kier molecular flexibility index (Phi) is 4.08. The fourth-order valence-electron chi connectivity index (χ4n) is 3.40. The van der Waals surface area contributed by atoms with Crippen LogP contribution >= 0.6 is 0 Å². The predicted octanol–water partition coefficient (Wildman–Crippen LogP) is 1.06. The minimum absolute atomic E-state index is 0.0914. The Morgan fingerprint density at radius 3 is 2.83 bits per heavy atom.